The van der Waals surface area contributed by atoms with Crippen molar-refractivity contribution in [3.05, 3.63) is 35.4 Å². The number of rotatable bonds is 5. The number of nitrogens with two attached hydrogens (primary N) is 1. The summed E-state index contributed by atoms with van der Waals surface area (Å²) in [5.74, 6) is 0.356. The minimum atomic E-state index is -0.199. The maximum Gasteiger partial charge on any atom is 0.338 e. The van der Waals surface area contributed by atoms with Crippen LogP contribution in [0.15, 0.2) is 24.3 Å². The average molecular weight is 261 g/mol. The first-order valence-corrected chi connectivity index (χ1v) is 7.26. The second-order valence-electron chi connectivity index (χ2n) is 5.30. The Balaban J connectivity index is 1.91. The molecule has 0 unspecified atom stereocenters. The van der Waals surface area contributed by atoms with E-state index in [1.165, 1.54) is 32.1 Å². The lowest BCUT2D eigenvalue weighted by Gasteiger charge is -2.21. The molecule has 3 heteroatoms. The lowest BCUT2D eigenvalue weighted by atomic mass is 9.90. The smallest absolute Gasteiger partial charge is 0.338 e. The number of benzene rings is 1. The number of ether oxygens (including phenoxy) is 1. The van der Waals surface area contributed by atoms with Gasteiger partial charge in [-0.05, 0) is 43.4 Å². The van der Waals surface area contributed by atoms with E-state index < -0.39 is 0 Å². The Bertz CT molecular complexity index is 411. The zero-order valence-corrected chi connectivity index (χ0v) is 11.4. The van der Waals surface area contributed by atoms with Crippen LogP contribution in [0.3, 0.4) is 0 Å². The Kier molecular flexibility index (Phi) is 5.40. The second-order valence-corrected chi connectivity index (χ2v) is 5.30. The molecule has 3 nitrogen and oxygen atoms in total. The molecule has 0 spiro atoms. The highest BCUT2D eigenvalue weighted by atomic mass is 16.5. The maximum absolute atomic E-state index is 12.1. The fraction of sp³-hybridized carbons (Fsp3) is 0.562. The molecule has 0 radical (unpaired) electrons. The van der Waals surface area contributed by atoms with E-state index >= 15 is 0 Å². The molecule has 19 heavy (non-hydrogen) atoms. The molecular formula is C16H23NO2. The molecule has 1 saturated carbocycles. The Morgan fingerprint density at radius 1 is 1.21 bits per heavy atom. The normalized spacial score (nSPS) is 16.3. The van der Waals surface area contributed by atoms with E-state index in [1.807, 2.05) is 24.3 Å². The maximum atomic E-state index is 12.1. The monoisotopic (exact) mass is 261 g/mol. The molecule has 1 aliphatic carbocycles. The van der Waals surface area contributed by atoms with E-state index in [0.717, 1.165) is 5.56 Å². The van der Waals surface area contributed by atoms with Gasteiger partial charge in [0.25, 0.3) is 0 Å². The summed E-state index contributed by atoms with van der Waals surface area (Å²) in [5.41, 5.74) is 7.22. The molecular weight excluding hydrogens is 238 g/mol. The van der Waals surface area contributed by atoms with Gasteiger partial charge in [0.2, 0.25) is 0 Å². The Morgan fingerprint density at radius 3 is 2.68 bits per heavy atom. The fourth-order valence-corrected chi connectivity index (χ4v) is 2.72. The molecule has 0 amide bonds. The van der Waals surface area contributed by atoms with Gasteiger partial charge in [0, 0.05) is 0 Å². The van der Waals surface area contributed by atoms with Crippen LogP contribution in [-0.2, 0) is 11.2 Å². The average Bonchev–Trinajstić information content (AvgIpc) is 2.47. The van der Waals surface area contributed by atoms with E-state index in [0.29, 0.717) is 31.1 Å². The second kappa shape index (κ2) is 7.29. The molecule has 0 atom stereocenters. The van der Waals surface area contributed by atoms with Crippen molar-refractivity contribution in [1.82, 2.24) is 0 Å². The summed E-state index contributed by atoms with van der Waals surface area (Å²) in [6, 6.07) is 7.58. The minimum Gasteiger partial charge on any atom is -0.462 e. The fourth-order valence-electron chi connectivity index (χ4n) is 2.72. The molecule has 2 rings (SSSR count). The third-order valence-corrected chi connectivity index (χ3v) is 3.83. The topological polar surface area (TPSA) is 52.3 Å². The van der Waals surface area contributed by atoms with Crippen LogP contribution in [0.2, 0.25) is 0 Å². The van der Waals surface area contributed by atoms with Gasteiger partial charge in [-0.25, -0.2) is 4.79 Å². The highest BCUT2D eigenvalue weighted by molar-refractivity contribution is 5.91. The van der Waals surface area contributed by atoms with Crippen molar-refractivity contribution in [2.45, 2.75) is 38.5 Å². The van der Waals surface area contributed by atoms with Gasteiger partial charge in [-0.15, -0.1) is 0 Å². The molecule has 104 valence electrons. The summed E-state index contributed by atoms with van der Waals surface area (Å²) < 4.78 is 5.47. The Morgan fingerprint density at radius 2 is 1.95 bits per heavy atom. The molecule has 0 heterocycles. The summed E-state index contributed by atoms with van der Waals surface area (Å²) in [6.45, 7) is 1.11. The molecule has 0 aliphatic heterocycles. The van der Waals surface area contributed by atoms with Crippen molar-refractivity contribution < 1.29 is 9.53 Å². The van der Waals surface area contributed by atoms with Gasteiger partial charge in [-0.3, -0.25) is 0 Å². The van der Waals surface area contributed by atoms with Crippen LogP contribution in [0.5, 0.6) is 0 Å². The number of carbonyl (C=O) groups is 1. The number of esters is 1. The van der Waals surface area contributed by atoms with Crippen LogP contribution in [0.1, 0.15) is 48.0 Å². The number of hydrogen-bond donors (Lipinski definition) is 1. The van der Waals surface area contributed by atoms with Crippen LogP contribution in [-0.4, -0.2) is 19.1 Å². The van der Waals surface area contributed by atoms with Crippen LogP contribution in [0.4, 0.5) is 0 Å². The Labute approximate surface area is 115 Å². The summed E-state index contributed by atoms with van der Waals surface area (Å²) in [5, 5.41) is 0. The first-order chi connectivity index (χ1) is 9.31. The van der Waals surface area contributed by atoms with Gasteiger partial charge in [-0.2, -0.15) is 0 Å². The zero-order valence-electron chi connectivity index (χ0n) is 11.4. The van der Waals surface area contributed by atoms with Crippen molar-refractivity contribution in [1.29, 1.82) is 0 Å². The molecule has 0 saturated heterocycles. The van der Waals surface area contributed by atoms with E-state index in [-0.39, 0.29) is 5.97 Å². The van der Waals surface area contributed by atoms with Gasteiger partial charge >= 0.3 is 5.97 Å². The standard InChI is InChI=1S/C16H23NO2/c17-11-10-14-8-4-5-9-15(14)16(18)19-12-13-6-2-1-3-7-13/h4-5,8-9,13H,1-3,6-7,10-12,17H2. The number of hydrogen-bond acceptors (Lipinski definition) is 3. The summed E-state index contributed by atoms with van der Waals surface area (Å²) in [7, 11) is 0. The van der Waals surface area contributed by atoms with Crippen LogP contribution in [0, 0.1) is 5.92 Å². The van der Waals surface area contributed by atoms with Crippen LogP contribution in [0.25, 0.3) is 0 Å². The lowest BCUT2D eigenvalue weighted by molar-refractivity contribution is 0.0409. The van der Waals surface area contributed by atoms with Crippen molar-refractivity contribution in [2.24, 2.45) is 11.7 Å². The van der Waals surface area contributed by atoms with Gasteiger partial charge in [0.05, 0.1) is 12.2 Å². The van der Waals surface area contributed by atoms with E-state index in [9.17, 15) is 4.79 Å². The largest absolute Gasteiger partial charge is 0.462 e. The minimum absolute atomic E-state index is 0.199. The highest BCUT2D eigenvalue weighted by Crippen LogP contribution is 2.24. The van der Waals surface area contributed by atoms with Crippen LogP contribution >= 0.6 is 0 Å². The van der Waals surface area contributed by atoms with E-state index in [4.69, 9.17) is 10.5 Å². The number of carbonyl (C=O) groups excluding carboxylic acids is 1. The Hall–Kier alpha value is -1.35. The highest BCUT2D eigenvalue weighted by Gasteiger charge is 2.17. The molecule has 2 N–H and O–H groups in total. The van der Waals surface area contributed by atoms with Gasteiger partial charge in [-0.1, -0.05) is 37.5 Å². The van der Waals surface area contributed by atoms with Crippen LogP contribution < -0.4 is 5.73 Å². The predicted octanol–water partition coefficient (Wildman–Crippen LogP) is 2.92. The third kappa shape index (κ3) is 4.06. The van der Waals surface area contributed by atoms with Gasteiger partial charge in [0.1, 0.15) is 0 Å². The first kappa shape index (κ1) is 14.1. The SMILES string of the molecule is NCCc1ccccc1C(=O)OCC1CCCCC1. The molecule has 1 aliphatic rings. The van der Waals surface area contributed by atoms with Crippen molar-refractivity contribution in [2.75, 3.05) is 13.2 Å². The third-order valence-electron chi connectivity index (χ3n) is 3.83. The molecule has 1 aromatic carbocycles. The molecule has 1 fully saturated rings. The van der Waals surface area contributed by atoms with Crippen molar-refractivity contribution in [3.8, 4) is 0 Å². The predicted molar refractivity (Wildman–Crippen MR) is 76.1 cm³/mol. The quantitative estimate of drug-likeness (QED) is 0.829. The van der Waals surface area contributed by atoms with Crippen molar-refractivity contribution in [3.63, 3.8) is 0 Å². The molecule has 0 bridgehead atoms. The first-order valence-electron chi connectivity index (χ1n) is 7.26. The van der Waals surface area contributed by atoms with E-state index in [2.05, 4.69) is 0 Å². The van der Waals surface area contributed by atoms with Gasteiger partial charge in [0.15, 0.2) is 0 Å². The summed E-state index contributed by atoms with van der Waals surface area (Å²) in [4.78, 5) is 12.1. The van der Waals surface area contributed by atoms with E-state index in [1.54, 1.807) is 0 Å². The molecule has 0 aromatic heterocycles. The molecule has 1 aromatic rings. The zero-order chi connectivity index (χ0) is 13.5. The lowest BCUT2D eigenvalue weighted by Crippen LogP contribution is -2.18. The summed E-state index contributed by atoms with van der Waals surface area (Å²) in [6.07, 6.45) is 6.96. The summed E-state index contributed by atoms with van der Waals surface area (Å²) >= 11 is 0. The van der Waals surface area contributed by atoms with Gasteiger partial charge < -0.3 is 10.5 Å². The van der Waals surface area contributed by atoms with Crippen molar-refractivity contribution >= 4 is 5.97 Å².